The molecule has 1 rings (SSSR count). The number of amides is 2. The normalized spacial score (nSPS) is 17.2. The van der Waals surface area contributed by atoms with Crippen molar-refractivity contribution in [3.8, 4) is 0 Å². The molecule has 0 bridgehead atoms. The van der Waals surface area contributed by atoms with Crippen LogP contribution in [0.15, 0.2) is 0 Å². The van der Waals surface area contributed by atoms with Crippen molar-refractivity contribution in [2.24, 2.45) is 5.92 Å². The van der Waals surface area contributed by atoms with E-state index in [0.29, 0.717) is 12.5 Å². The maximum Gasteiger partial charge on any atom is 0.328 e. The lowest BCUT2D eigenvalue weighted by molar-refractivity contribution is -0.142. The highest BCUT2D eigenvalue weighted by Gasteiger charge is 2.28. The van der Waals surface area contributed by atoms with E-state index in [4.69, 9.17) is 5.11 Å². The maximum absolute atomic E-state index is 11.5. The molecular formula is C13H24N2O3. The predicted octanol–water partition coefficient (Wildman–Crippen LogP) is 2.12. The van der Waals surface area contributed by atoms with Crippen LogP contribution in [0.2, 0.25) is 0 Å². The van der Waals surface area contributed by atoms with Gasteiger partial charge in [-0.25, -0.2) is 9.59 Å². The highest BCUT2D eigenvalue weighted by atomic mass is 16.4. The van der Waals surface area contributed by atoms with E-state index < -0.39 is 17.5 Å². The molecule has 5 heteroatoms. The SMILES string of the molecule is CC(C)(NC(=O)NCCC1CCCCC1)C(=O)O. The summed E-state index contributed by atoms with van der Waals surface area (Å²) in [6, 6.07) is -0.404. The van der Waals surface area contributed by atoms with Crippen LogP contribution < -0.4 is 10.6 Å². The Bertz CT molecular complexity index is 297. The molecule has 0 aromatic carbocycles. The lowest BCUT2D eigenvalue weighted by Crippen LogP contribution is -2.53. The summed E-state index contributed by atoms with van der Waals surface area (Å²) in [4.78, 5) is 22.4. The van der Waals surface area contributed by atoms with Crippen LogP contribution in [0.25, 0.3) is 0 Å². The van der Waals surface area contributed by atoms with E-state index >= 15 is 0 Å². The maximum atomic E-state index is 11.5. The van der Waals surface area contributed by atoms with Gasteiger partial charge >= 0.3 is 12.0 Å². The van der Waals surface area contributed by atoms with Gasteiger partial charge in [-0.1, -0.05) is 32.1 Å². The highest BCUT2D eigenvalue weighted by molar-refractivity contribution is 5.85. The van der Waals surface area contributed by atoms with Crippen LogP contribution in [-0.2, 0) is 4.79 Å². The number of carboxylic acid groups (broad SMARTS) is 1. The van der Waals surface area contributed by atoms with Crippen molar-refractivity contribution in [2.45, 2.75) is 57.9 Å². The molecule has 1 aliphatic carbocycles. The molecule has 104 valence electrons. The van der Waals surface area contributed by atoms with Crippen molar-refractivity contribution in [3.05, 3.63) is 0 Å². The highest BCUT2D eigenvalue weighted by Crippen LogP contribution is 2.25. The zero-order chi connectivity index (χ0) is 13.6. The van der Waals surface area contributed by atoms with Gasteiger partial charge in [0.2, 0.25) is 0 Å². The summed E-state index contributed by atoms with van der Waals surface area (Å²) < 4.78 is 0. The first-order valence-electron chi connectivity index (χ1n) is 6.71. The number of carbonyl (C=O) groups is 2. The average Bonchev–Trinajstić information content (AvgIpc) is 2.29. The van der Waals surface area contributed by atoms with Crippen molar-refractivity contribution in [1.82, 2.24) is 10.6 Å². The lowest BCUT2D eigenvalue weighted by atomic mass is 9.87. The molecule has 18 heavy (non-hydrogen) atoms. The van der Waals surface area contributed by atoms with Crippen molar-refractivity contribution in [1.29, 1.82) is 0 Å². The van der Waals surface area contributed by atoms with E-state index in [1.807, 2.05) is 0 Å². The number of carboxylic acids is 1. The summed E-state index contributed by atoms with van der Waals surface area (Å²) >= 11 is 0. The number of carbonyl (C=O) groups excluding carboxylic acids is 1. The molecular weight excluding hydrogens is 232 g/mol. The Kier molecular flexibility index (Phi) is 5.44. The van der Waals surface area contributed by atoms with Crippen LogP contribution >= 0.6 is 0 Å². The van der Waals surface area contributed by atoms with Crippen LogP contribution in [0, 0.1) is 5.92 Å². The van der Waals surface area contributed by atoms with Crippen LogP contribution in [0.1, 0.15) is 52.4 Å². The van der Waals surface area contributed by atoms with E-state index in [1.165, 1.54) is 46.0 Å². The molecule has 2 amide bonds. The molecule has 1 aliphatic rings. The average molecular weight is 256 g/mol. The number of hydrogen-bond donors (Lipinski definition) is 3. The third kappa shape index (κ3) is 4.94. The molecule has 3 N–H and O–H groups in total. The molecule has 1 fully saturated rings. The van der Waals surface area contributed by atoms with E-state index in [2.05, 4.69) is 10.6 Å². The van der Waals surface area contributed by atoms with Crippen molar-refractivity contribution < 1.29 is 14.7 Å². The smallest absolute Gasteiger partial charge is 0.328 e. The van der Waals surface area contributed by atoms with Gasteiger partial charge in [-0.2, -0.15) is 0 Å². The van der Waals surface area contributed by atoms with Crippen LogP contribution in [0.4, 0.5) is 4.79 Å². The number of hydrogen-bond acceptors (Lipinski definition) is 2. The molecule has 0 radical (unpaired) electrons. The first kappa shape index (κ1) is 14.8. The van der Waals surface area contributed by atoms with Gasteiger partial charge in [0.25, 0.3) is 0 Å². The van der Waals surface area contributed by atoms with Crippen LogP contribution in [0.5, 0.6) is 0 Å². The molecule has 0 aromatic heterocycles. The number of rotatable bonds is 5. The third-order valence-corrected chi connectivity index (χ3v) is 3.52. The molecule has 0 saturated heterocycles. The van der Waals surface area contributed by atoms with E-state index in [0.717, 1.165) is 6.42 Å². The Morgan fingerprint density at radius 3 is 2.39 bits per heavy atom. The minimum Gasteiger partial charge on any atom is -0.480 e. The second kappa shape index (κ2) is 6.61. The standard InChI is InChI=1S/C13H24N2O3/c1-13(2,11(16)17)15-12(18)14-9-8-10-6-4-3-5-7-10/h10H,3-9H2,1-2H3,(H,16,17)(H2,14,15,18). The molecule has 0 atom stereocenters. The molecule has 0 unspecified atom stereocenters. The van der Waals surface area contributed by atoms with Crippen LogP contribution in [0.3, 0.4) is 0 Å². The molecule has 0 spiro atoms. The largest absolute Gasteiger partial charge is 0.480 e. The second-order valence-corrected chi connectivity index (χ2v) is 5.60. The zero-order valence-corrected chi connectivity index (χ0v) is 11.3. The Morgan fingerprint density at radius 2 is 1.83 bits per heavy atom. The summed E-state index contributed by atoms with van der Waals surface area (Å²) in [6.45, 7) is 3.55. The Morgan fingerprint density at radius 1 is 1.22 bits per heavy atom. The summed E-state index contributed by atoms with van der Waals surface area (Å²) in [5, 5.41) is 14.0. The number of aliphatic carboxylic acids is 1. The first-order chi connectivity index (χ1) is 8.42. The van der Waals surface area contributed by atoms with Gasteiger partial charge in [0, 0.05) is 6.54 Å². The van der Waals surface area contributed by atoms with Gasteiger partial charge in [-0.3, -0.25) is 0 Å². The second-order valence-electron chi connectivity index (χ2n) is 5.60. The monoisotopic (exact) mass is 256 g/mol. The summed E-state index contributed by atoms with van der Waals surface area (Å²) in [7, 11) is 0. The Labute approximate surface area is 108 Å². The molecule has 0 aliphatic heterocycles. The van der Waals surface area contributed by atoms with Gasteiger partial charge in [-0.05, 0) is 26.2 Å². The summed E-state index contributed by atoms with van der Waals surface area (Å²) in [5.41, 5.74) is -1.23. The quantitative estimate of drug-likeness (QED) is 0.705. The van der Waals surface area contributed by atoms with Crippen molar-refractivity contribution in [3.63, 3.8) is 0 Å². The van der Waals surface area contributed by atoms with E-state index in [9.17, 15) is 9.59 Å². The zero-order valence-electron chi connectivity index (χ0n) is 11.3. The first-order valence-corrected chi connectivity index (χ1v) is 6.71. The van der Waals surface area contributed by atoms with Gasteiger partial charge in [0.15, 0.2) is 0 Å². The minimum absolute atomic E-state index is 0.404. The van der Waals surface area contributed by atoms with Crippen molar-refractivity contribution >= 4 is 12.0 Å². The fourth-order valence-corrected chi connectivity index (χ4v) is 2.25. The predicted molar refractivity (Wildman–Crippen MR) is 69.4 cm³/mol. The lowest BCUT2D eigenvalue weighted by Gasteiger charge is -2.23. The van der Waals surface area contributed by atoms with Crippen LogP contribution in [-0.4, -0.2) is 29.2 Å². The van der Waals surface area contributed by atoms with Gasteiger partial charge in [0.1, 0.15) is 5.54 Å². The third-order valence-electron chi connectivity index (χ3n) is 3.52. The van der Waals surface area contributed by atoms with Gasteiger partial charge in [0.05, 0.1) is 0 Å². The summed E-state index contributed by atoms with van der Waals surface area (Å²) in [5.74, 6) is -0.323. The number of nitrogens with one attached hydrogen (secondary N) is 2. The molecule has 0 heterocycles. The van der Waals surface area contributed by atoms with Gasteiger partial charge in [-0.15, -0.1) is 0 Å². The van der Waals surface area contributed by atoms with Gasteiger partial charge < -0.3 is 15.7 Å². The topological polar surface area (TPSA) is 78.4 Å². The van der Waals surface area contributed by atoms with Crippen molar-refractivity contribution in [2.75, 3.05) is 6.54 Å². The fourth-order valence-electron chi connectivity index (χ4n) is 2.25. The Hall–Kier alpha value is -1.26. The number of urea groups is 1. The van der Waals surface area contributed by atoms with E-state index in [-0.39, 0.29) is 0 Å². The van der Waals surface area contributed by atoms with E-state index in [1.54, 1.807) is 0 Å². The fraction of sp³-hybridized carbons (Fsp3) is 0.846. The molecule has 1 saturated carbocycles. The Balaban J connectivity index is 2.18. The molecule has 0 aromatic rings. The summed E-state index contributed by atoms with van der Waals surface area (Å²) in [6.07, 6.45) is 7.41. The molecule has 5 nitrogen and oxygen atoms in total. The minimum atomic E-state index is -1.23.